The van der Waals surface area contributed by atoms with Crippen LogP contribution in [0.5, 0.6) is 0 Å². The van der Waals surface area contributed by atoms with Crippen LogP contribution in [0.4, 0.5) is 9.80 Å². The second-order valence-electron chi connectivity index (χ2n) is 5.25. The molecule has 2 amide bonds. The minimum Gasteiger partial charge on any atom is -0.478 e. The summed E-state index contributed by atoms with van der Waals surface area (Å²) in [6.07, 6.45) is 0. The minimum absolute atomic E-state index is 0.173. The summed E-state index contributed by atoms with van der Waals surface area (Å²) in [6, 6.07) is 0.0342. The molecule has 7 heteroatoms. The summed E-state index contributed by atoms with van der Waals surface area (Å²) in [6.45, 7) is 8.99. The summed E-state index contributed by atoms with van der Waals surface area (Å²) in [7, 11) is 1.98. The van der Waals surface area contributed by atoms with Crippen molar-refractivity contribution in [1.29, 1.82) is 0 Å². The van der Waals surface area contributed by atoms with Crippen molar-refractivity contribution in [2.45, 2.75) is 33.7 Å². The van der Waals surface area contributed by atoms with Crippen molar-refractivity contribution in [1.82, 2.24) is 10.2 Å². The molecule has 0 aliphatic carbocycles. The van der Waals surface area contributed by atoms with Crippen molar-refractivity contribution < 1.29 is 14.7 Å². The van der Waals surface area contributed by atoms with Crippen LogP contribution in [0.2, 0.25) is 0 Å². The molecule has 0 spiro atoms. The van der Waals surface area contributed by atoms with Crippen LogP contribution >= 0.6 is 11.3 Å². The number of nitrogens with one attached hydrogen (secondary N) is 2. The number of carboxylic acid groups (broad SMARTS) is 1. The predicted octanol–water partition coefficient (Wildman–Crippen LogP) is 2.52. The Labute approximate surface area is 129 Å². The van der Waals surface area contributed by atoms with Crippen LogP contribution in [0.1, 0.15) is 34.6 Å². The first-order valence-electron chi connectivity index (χ1n) is 6.82. The molecule has 0 radical (unpaired) electrons. The van der Waals surface area contributed by atoms with Gasteiger partial charge in [0.05, 0.1) is 5.56 Å². The lowest BCUT2D eigenvalue weighted by molar-refractivity contribution is 0.0697. The quantitative estimate of drug-likeness (QED) is 0.754. The third kappa shape index (κ3) is 4.71. The Balaban J connectivity index is 2.60. The fourth-order valence-corrected chi connectivity index (χ4v) is 2.77. The Morgan fingerprint density at radius 3 is 2.48 bits per heavy atom. The molecule has 1 heterocycles. The normalized spacial score (nSPS) is 11.0. The third-order valence-corrected chi connectivity index (χ3v) is 4.58. The number of thiophene rings is 1. The number of aromatic carboxylic acids is 1. The first-order chi connectivity index (χ1) is 9.73. The molecule has 1 rings (SSSR count). The number of amides is 2. The van der Waals surface area contributed by atoms with E-state index in [1.165, 1.54) is 11.3 Å². The van der Waals surface area contributed by atoms with E-state index in [0.29, 0.717) is 23.2 Å². The van der Waals surface area contributed by atoms with Crippen molar-refractivity contribution in [3.63, 3.8) is 0 Å². The number of carboxylic acids is 1. The monoisotopic (exact) mass is 313 g/mol. The molecule has 1 aromatic rings. The van der Waals surface area contributed by atoms with E-state index in [-0.39, 0.29) is 11.6 Å². The van der Waals surface area contributed by atoms with Crippen LogP contribution < -0.4 is 10.6 Å². The van der Waals surface area contributed by atoms with E-state index in [1.807, 2.05) is 14.0 Å². The average molecular weight is 313 g/mol. The standard InChI is InChI=1S/C14H23N3O3S/c1-8(2)17(5)7-6-15-14(20)16-12-11(13(18)19)9(3)10(4)21-12/h8H,6-7H2,1-5H3,(H,18,19)(H2,15,16,20). The molecule has 0 saturated heterocycles. The summed E-state index contributed by atoms with van der Waals surface area (Å²) in [5, 5.41) is 15.0. The number of hydrogen-bond donors (Lipinski definition) is 3. The van der Waals surface area contributed by atoms with Gasteiger partial charge in [0.2, 0.25) is 0 Å². The van der Waals surface area contributed by atoms with Gasteiger partial charge < -0.3 is 15.3 Å². The summed E-state index contributed by atoms with van der Waals surface area (Å²) in [5.74, 6) is -1.02. The highest BCUT2D eigenvalue weighted by atomic mass is 32.1. The zero-order valence-corrected chi connectivity index (χ0v) is 13.9. The summed E-state index contributed by atoms with van der Waals surface area (Å²) in [5.41, 5.74) is 0.870. The maximum absolute atomic E-state index is 11.8. The molecule has 0 fully saturated rings. The van der Waals surface area contributed by atoms with E-state index in [2.05, 4.69) is 29.4 Å². The lowest BCUT2D eigenvalue weighted by atomic mass is 10.1. The topological polar surface area (TPSA) is 81.7 Å². The molecule has 118 valence electrons. The van der Waals surface area contributed by atoms with Crippen LogP contribution in [0.25, 0.3) is 0 Å². The molecular formula is C14H23N3O3S. The predicted molar refractivity (Wildman–Crippen MR) is 85.5 cm³/mol. The van der Waals surface area contributed by atoms with E-state index in [1.54, 1.807) is 6.92 Å². The highest BCUT2D eigenvalue weighted by molar-refractivity contribution is 7.16. The Kier molecular flexibility index (Phi) is 6.17. The molecule has 3 N–H and O–H groups in total. The van der Waals surface area contributed by atoms with Crippen LogP contribution in [0.3, 0.4) is 0 Å². The third-order valence-electron chi connectivity index (χ3n) is 3.46. The van der Waals surface area contributed by atoms with E-state index in [0.717, 1.165) is 11.4 Å². The maximum atomic E-state index is 11.8. The number of rotatable bonds is 6. The van der Waals surface area contributed by atoms with Crippen LogP contribution in [-0.2, 0) is 0 Å². The van der Waals surface area contributed by atoms with Crippen molar-refractivity contribution in [2.24, 2.45) is 0 Å². The van der Waals surface area contributed by atoms with Gasteiger partial charge in [-0.1, -0.05) is 0 Å². The molecular weight excluding hydrogens is 290 g/mol. The molecule has 0 aliphatic heterocycles. The molecule has 0 aliphatic rings. The van der Waals surface area contributed by atoms with Crippen LogP contribution in [-0.4, -0.2) is 48.2 Å². The van der Waals surface area contributed by atoms with Crippen molar-refractivity contribution in [3.8, 4) is 0 Å². The lowest BCUT2D eigenvalue weighted by Crippen LogP contribution is -2.37. The van der Waals surface area contributed by atoms with E-state index >= 15 is 0 Å². The van der Waals surface area contributed by atoms with Gasteiger partial charge >= 0.3 is 12.0 Å². The van der Waals surface area contributed by atoms with Crippen LogP contribution in [0.15, 0.2) is 0 Å². The first-order valence-corrected chi connectivity index (χ1v) is 7.64. The number of aryl methyl sites for hydroxylation is 1. The zero-order valence-electron chi connectivity index (χ0n) is 13.1. The van der Waals surface area contributed by atoms with Crippen molar-refractivity contribution in [3.05, 3.63) is 16.0 Å². The molecule has 1 aromatic heterocycles. The molecule has 6 nitrogen and oxygen atoms in total. The number of likely N-dealkylation sites (N-methyl/N-ethyl adjacent to an activating group) is 1. The molecule has 0 bridgehead atoms. The summed E-state index contributed by atoms with van der Waals surface area (Å²) in [4.78, 5) is 26.1. The fraction of sp³-hybridized carbons (Fsp3) is 0.571. The van der Waals surface area contributed by atoms with Gasteiger partial charge in [-0.05, 0) is 40.3 Å². The first kappa shape index (κ1) is 17.5. The number of carbonyl (C=O) groups excluding carboxylic acids is 1. The van der Waals surface area contributed by atoms with Crippen molar-refractivity contribution >= 4 is 28.3 Å². The van der Waals surface area contributed by atoms with E-state index < -0.39 is 5.97 Å². The smallest absolute Gasteiger partial charge is 0.338 e. The Hall–Kier alpha value is -1.60. The summed E-state index contributed by atoms with van der Waals surface area (Å²) >= 11 is 1.28. The number of anilines is 1. The molecule has 0 atom stereocenters. The molecule has 0 unspecified atom stereocenters. The van der Waals surface area contributed by atoms with Crippen LogP contribution in [0, 0.1) is 13.8 Å². The second kappa shape index (κ2) is 7.42. The van der Waals surface area contributed by atoms with Gasteiger partial charge in [0, 0.05) is 24.0 Å². The average Bonchev–Trinajstić information content (AvgIpc) is 2.64. The summed E-state index contributed by atoms with van der Waals surface area (Å²) < 4.78 is 0. The molecule has 0 aromatic carbocycles. The number of nitrogens with zero attached hydrogens (tertiary/aromatic N) is 1. The van der Waals surface area contributed by atoms with E-state index in [4.69, 9.17) is 0 Å². The Bertz CT molecular complexity index is 526. The Morgan fingerprint density at radius 2 is 1.95 bits per heavy atom. The SMILES string of the molecule is Cc1sc(NC(=O)NCCN(C)C(C)C)c(C(=O)O)c1C. The van der Waals surface area contributed by atoms with Gasteiger partial charge in [0.1, 0.15) is 5.00 Å². The molecule has 21 heavy (non-hydrogen) atoms. The second-order valence-corrected chi connectivity index (χ2v) is 6.47. The van der Waals surface area contributed by atoms with E-state index in [9.17, 15) is 14.7 Å². The number of urea groups is 1. The maximum Gasteiger partial charge on any atom is 0.338 e. The zero-order chi connectivity index (χ0) is 16.2. The highest BCUT2D eigenvalue weighted by Gasteiger charge is 2.20. The highest BCUT2D eigenvalue weighted by Crippen LogP contribution is 2.32. The van der Waals surface area contributed by atoms with Gasteiger partial charge in [-0.25, -0.2) is 9.59 Å². The minimum atomic E-state index is -1.02. The lowest BCUT2D eigenvalue weighted by Gasteiger charge is -2.20. The van der Waals surface area contributed by atoms with Gasteiger partial charge in [0.25, 0.3) is 0 Å². The largest absolute Gasteiger partial charge is 0.478 e. The number of hydrogen-bond acceptors (Lipinski definition) is 4. The van der Waals surface area contributed by atoms with Gasteiger partial charge in [-0.2, -0.15) is 0 Å². The van der Waals surface area contributed by atoms with Gasteiger partial charge in [-0.3, -0.25) is 5.32 Å². The Morgan fingerprint density at radius 1 is 1.33 bits per heavy atom. The van der Waals surface area contributed by atoms with Gasteiger partial charge in [-0.15, -0.1) is 11.3 Å². The molecule has 0 saturated carbocycles. The number of carbonyl (C=O) groups is 2. The van der Waals surface area contributed by atoms with Crippen molar-refractivity contribution in [2.75, 3.05) is 25.5 Å². The van der Waals surface area contributed by atoms with Gasteiger partial charge in [0.15, 0.2) is 0 Å². The fourth-order valence-electron chi connectivity index (χ4n) is 1.72.